The van der Waals surface area contributed by atoms with Crippen LogP contribution in [-0.4, -0.2) is 43.4 Å². The minimum Gasteiger partial charge on any atom is -0.492 e. The lowest BCUT2D eigenvalue weighted by Gasteiger charge is -2.15. The van der Waals surface area contributed by atoms with Crippen molar-refractivity contribution in [1.29, 1.82) is 0 Å². The first-order chi connectivity index (χ1) is 16.3. The molecule has 0 saturated carbocycles. The van der Waals surface area contributed by atoms with Crippen LogP contribution < -0.4 is 14.8 Å². The highest BCUT2D eigenvalue weighted by Crippen LogP contribution is 2.24. The normalized spacial score (nSPS) is 12.6. The number of anilines is 1. The first kappa shape index (κ1) is 24.0. The maximum Gasteiger partial charge on any atom is 0.261 e. The molecule has 34 heavy (non-hydrogen) atoms. The number of H-pyrrole nitrogens is 1. The molecule has 0 amide bonds. The van der Waals surface area contributed by atoms with Crippen molar-refractivity contribution in [3.63, 3.8) is 0 Å². The van der Waals surface area contributed by atoms with Crippen LogP contribution in [0, 0.1) is 5.82 Å². The number of benzene rings is 3. The summed E-state index contributed by atoms with van der Waals surface area (Å²) >= 11 is 5.99. The number of nitrogens with zero attached hydrogens (tertiary/aromatic N) is 1. The number of hydrogen-bond donors (Lipinski definition) is 4. The van der Waals surface area contributed by atoms with Gasteiger partial charge in [0.1, 0.15) is 23.3 Å². The van der Waals surface area contributed by atoms with Gasteiger partial charge in [0.05, 0.1) is 16.5 Å². The minimum absolute atomic E-state index is 0.0592. The molecule has 1 aromatic heterocycles. The van der Waals surface area contributed by atoms with Crippen molar-refractivity contribution in [2.75, 3.05) is 24.4 Å². The van der Waals surface area contributed by atoms with E-state index in [-0.39, 0.29) is 17.1 Å². The molecule has 4 N–H and O–H groups in total. The van der Waals surface area contributed by atoms with Crippen molar-refractivity contribution in [2.45, 2.75) is 11.0 Å². The van der Waals surface area contributed by atoms with E-state index >= 15 is 0 Å². The van der Waals surface area contributed by atoms with Gasteiger partial charge in [0.15, 0.2) is 0 Å². The fourth-order valence-corrected chi connectivity index (χ4v) is 4.54. The third kappa shape index (κ3) is 5.84. The van der Waals surface area contributed by atoms with Gasteiger partial charge >= 0.3 is 0 Å². The number of ether oxygens (including phenoxy) is 1. The highest BCUT2D eigenvalue weighted by atomic mass is 35.5. The van der Waals surface area contributed by atoms with Crippen LogP contribution >= 0.6 is 11.6 Å². The SMILES string of the molecule is O=S(=O)(Nc1cccc([C@@H](O)CNCCOc2ccc3c(Cl)[nH]nc3c2)c1)c1ccc(F)cc1. The Kier molecular flexibility index (Phi) is 7.32. The van der Waals surface area contributed by atoms with Gasteiger partial charge in [0.2, 0.25) is 0 Å². The Morgan fingerprint density at radius 2 is 1.91 bits per heavy atom. The lowest BCUT2D eigenvalue weighted by molar-refractivity contribution is 0.172. The highest BCUT2D eigenvalue weighted by molar-refractivity contribution is 7.92. The van der Waals surface area contributed by atoms with Gasteiger partial charge in [-0.2, -0.15) is 5.10 Å². The van der Waals surface area contributed by atoms with Crippen LogP contribution in [0.2, 0.25) is 5.15 Å². The molecule has 0 bridgehead atoms. The number of sulfonamides is 1. The van der Waals surface area contributed by atoms with Gasteiger partial charge in [-0.25, -0.2) is 12.8 Å². The van der Waals surface area contributed by atoms with E-state index in [1.54, 1.807) is 36.4 Å². The van der Waals surface area contributed by atoms with Crippen molar-refractivity contribution in [3.8, 4) is 5.75 Å². The molecule has 0 unspecified atom stereocenters. The Bertz CT molecular complexity index is 1380. The Morgan fingerprint density at radius 1 is 1.12 bits per heavy atom. The van der Waals surface area contributed by atoms with Crippen molar-refractivity contribution in [3.05, 3.63) is 83.3 Å². The molecule has 8 nitrogen and oxygen atoms in total. The predicted molar refractivity (Wildman–Crippen MR) is 128 cm³/mol. The van der Waals surface area contributed by atoms with Gasteiger partial charge in [-0.15, -0.1) is 0 Å². The zero-order chi connectivity index (χ0) is 24.1. The van der Waals surface area contributed by atoms with E-state index in [1.807, 2.05) is 6.07 Å². The molecule has 0 saturated heterocycles. The molecule has 0 aliphatic carbocycles. The maximum atomic E-state index is 13.1. The number of aliphatic hydroxyl groups is 1. The Morgan fingerprint density at radius 3 is 2.71 bits per heavy atom. The first-order valence-corrected chi connectivity index (χ1v) is 12.2. The quantitative estimate of drug-likeness (QED) is 0.244. The van der Waals surface area contributed by atoms with Crippen molar-refractivity contribution < 1.29 is 22.7 Å². The van der Waals surface area contributed by atoms with Gasteiger partial charge in [-0.3, -0.25) is 9.82 Å². The van der Waals surface area contributed by atoms with Gasteiger partial charge in [-0.1, -0.05) is 23.7 Å². The average molecular weight is 505 g/mol. The molecule has 0 radical (unpaired) electrons. The zero-order valence-corrected chi connectivity index (χ0v) is 19.4. The van der Waals surface area contributed by atoms with Crippen molar-refractivity contribution in [2.24, 2.45) is 0 Å². The Hall–Kier alpha value is -3.18. The number of aromatic amines is 1. The summed E-state index contributed by atoms with van der Waals surface area (Å²) in [5.41, 5.74) is 1.53. The number of halogens is 2. The molecular formula is C23H22ClFN4O4S. The number of nitrogens with one attached hydrogen (secondary N) is 3. The molecule has 0 aliphatic heterocycles. The average Bonchev–Trinajstić information content (AvgIpc) is 3.19. The summed E-state index contributed by atoms with van der Waals surface area (Å²) in [6.07, 6.45) is -0.863. The van der Waals surface area contributed by atoms with Crippen LogP contribution in [0.1, 0.15) is 11.7 Å². The van der Waals surface area contributed by atoms with Gasteiger partial charge in [0.25, 0.3) is 10.0 Å². The molecule has 0 spiro atoms. The molecule has 178 valence electrons. The first-order valence-electron chi connectivity index (χ1n) is 10.4. The summed E-state index contributed by atoms with van der Waals surface area (Å²) in [5.74, 6) is 0.129. The second-order valence-corrected chi connectivity index (χ2v) is 9.53. The number of aromatic nitrogens is 2. The topological polar surface area (TPSA) is 116 Å². The highest BCUT2D eigenvalue weighted by Gasteiger charge is 2.15. The minimum atomic E-state index is -3.88. The van der Waals surface area contributed by atoms with Crippen molar-refractivity contribution in [1.82, 2.24) is 15.5 Å². The van der Waals surface area contributed by atoms with E-state index in [0.717, 1.165) is 17.5 Å². The summed E-state index contributed by atoms with van der Waals surface area (Å²) in [5, 5.41) is 21.7. The third-order valence-electron chi connectivity index (χ3n) is 5.01. The lowest BCUT2D eigenvalue weighted by atomic mass is 10.1. The van der Waals surface area contributed by atoms with Crippen LogP contribution in [0.3, 0.4) is 0 Å². The fourth-order valence-electron chi connectivity index (χ4n) is 3.28. The summed E-state index contributed by atoms with van der Waals surface area (Å²) in [7, 11) is -3.88. The van der Waals surface area contributed by atoms with Crippen LogP contribution in [0.4, 0.5) is 10.1 Å². The molecule has 0 fully saturated rings. The van der Waals surface area contributed by atoms with Crippen LogP contribution in [-0.2, 0) is 10.0 Å². The molecule has 1 heterocycles. The standard InChI is InChI=1S/C23H22ClFN4O4S/c24-23-20-9-6-18(13-21(20)27-28-23)33-11-10-26-14-22(30)15-2-1-3-17(12-15)29-34(31,32)19-7-4-16(25)5-8-19/h1-9,12-13,22,26,29-30H,10-11,14H2,(H,27,28)/t22-/m0/s1. The zero-order valence-electron chi connectivity index (χ0n) is 17.8. The number of hydrogen-bond acceptors (Lipinski definition) is 6. The second-order valence-electron chi connectivity index (χ2n) is 7.47. The molecule has 1 atom stereocenters. The van der Waals surface area contributed by atoms with E-state index in [1.165, 1.54) is 12.1 Å². The lowest BCUT2D eigenvalue weighted by Crippen LogP contribution is -2.26. The van der Waals surface area contributed by atoms with E-state index in [0.29, 0.717) is 35.1 Å². The third-order valence-corrected chi connectivity index (χ3v) is 6.70. The Balaban J connectivity index is 1.27. The fraction of sp³-hybridized carbons (Fsp3) is 0.174. The molecule has 4 aromatic rings. The number of fused-ring (bicyclic) bond motifs is 1. The summed E-state index contributed by atoms with van der Waals surface area (Å²) in [4.78, 5) is -0.0592. The molecular weight excluding hydrogens is 483 g/mol. The van der Waals surface area contributed by atoms with E-state index in [2.05, 4.69) is 20.2 Å². The summed E-state index contributed by atoms with van der Waals surface area (Å²) in [6, 6.07) is 16.4. The van der Waals surface area contributed by atoms with Gasteiger partial charge in [-0.05, 0) is 54.1 Å². The second kappa shape index (κ2) is 10.4. The van der Waals surface area contributed by atoms with Crippen LogP contribution in [0.15, 0.2) is 71.6 Å². The van der Waals surface area contributed by atoms with Crippen LogP contribution in [0.5, 0.6) is 5.75 Å². The van der Waals surface area contributed by atoms with Crippen molar-refractivity contribution >= 4 is 38.2 Å². The summed E-state index contributed by atoms with van der Waals surface area (Å²) < 4.78 is 46.2. The smallest absolute Gasteiger partial charge is 0.261 e. The van der Waals surface area contributed by atoms with Gasteiger partial charge < -0.3 is 15.2 Å². The van der Waals surface area contributed by atoms with E-state index < -0.39 is 21.9 Å². The van der Waals surface area contributed by atoms with Crippen LogP contribution in [0.25, 0.3) is 10.9 Å². The van der Waals surface area contributed by atoms with E-state index in [9.17, 15) is 17.9 Å². The largest absolute Gasteiger partial charge is 0.492 e. The van der Waals surface area contributed by atoms with Gasteiger partial charge in [0, 0.05) is 30.2 Å². The number of rotatable bonds is 10. The maximum absolute atomic E-state index is 13.1. The number of aliphatic hydroxyl groups excluding tert-OH is 1. The molecule has 11 heteroatoms. The Labute approximate surface area is 200 Å². The predicted octanol–water partition coefficient (Wildman–Crippen LogP) is 3.86. The molecule has 0 aliphatic rings. The summed E-state index contributed by atoms with van der Waals surface area (Å²) in [6.45, 7) is 1.09. The molecule has 3 aromatic carbocycles. The molecule has 4 rings (SSSR count). The monoisotopic (exact) mass is 504 g/mol. The van der Waals surface area contributed by atoms with E-state index in [4.69, 9.17) is 16.3 Å².